The summed E-state index contributed by atoms with van der Waals surface area (Å²) in [5.41, 5.74) is 5.32. The molecule has 1 fully saturated rings. The normalized spacial score (nSPS) is 18.0. The van der Waals surface area contributed by atoms with Crippen LogP contribution >= 0.6 is 11.3 Å². The predicted octanol–water partition coefficient (Wildman–Crippen LogP) is 7.04. The van der Waals surface area contributed by atoms with Crippen molar-refractivity contribution in [2.24, 2.45) is 5.92 Å². The third kappa shape index (κ3) is 5.99. The highest BCUT2D eigenvalue weighted by atomic mass is 32.1. The van der Waals surface area contributed by atoms with Crippen LogP contribution in [0.3, 0.4) is 0 Å². The maximum absolute atomic E-state index is 12.7. The van der Waals surface area contributed by atoms with Crippen LogP contribution < -0.4 is 5.32 Å². The van der Waals surface area contributed by atoms with Crippen molar-refractivity contribution in [1.29, 1.82) is 0 Å². The molecule has 0 spiro atoms. The maximum Gasteiger partial charge on any atom is 0.303 e. The third-order valence-electron chi connectivity index (χ3n) is 7.64. The number of fused-ring (bicyclic) bond motifs is 1. The van der Waals surface area contributed by atoms with Gasteiger partial charge in [-0.3, -0.25) is 14.0 Å². The zero-order valence-corrected chi connectivity index (χ0v) is 23.1. The number of aliphatic carboxylic acids is 1. The van der Waals surface area contributed by atoms with Gasteiger partial charge in [0.2, 0.25) is 0 Å². The highest BCUT2D eigenvalue weighted by Gasteiger charge is 2.24. The van der Waals surface area contributed by atoms with Crippen molar-refractivity contribution in [2.45, 2.75) is 70.8 Å². The molecule has 38 heavy (non-hydrogen) atoms. The lowest BCUT2D eigenvalue weighted by Gasteiger charge is -2.28. The minimum atomic E-state index is -0.685. The molecule has 4 aromatic rings. The van der Waals surface area contributed by atoms with Gasteiger partial charge >= 0.3 is 5.97 Å². The molecule has 2 heterocycles. The van der Waals surface area contributed by atoms with Crippen LogP contribution in [-0.2, 0) is 16.8 Å². The van der Waals surface area contributed by atoms with Gasteiger partial charge in [-0.15, -0.1) is 0 Å². The molecule has 1 amide bonds. The molecule has 0 saturated heterocycles. The number of carbonyl (C=O) groups excluding carboxylic acids is 1. The molecule has 0 unspecified atom stereocenters. The molecule has 1 saturated carbocycles. The van der Waals surface area contributed by atoms with Crippen LogP contribution in [0.5, 0.6) is 0 Å². The van der Waals surface area contributed by atoms with Gasteiger partial charge in [-0.2, -0.15) is 0 Å². The Morgan fingerprint density at radius 1 is 1.00 bits per heavy atom. The molecule has 198 valence electrons. The summed E-state index contributed by atoms with van der Waals surface area (Å²) < 4.78 is 1.92. The number of carbonyl (C=O) groups is 2. The fraction of sp³-hybridized carbons (Fsp3) is 0.387. The second-order valence-corrected chi connectivity index (χ2v) is 12.5. The smallest absolute Gasteiger partial charge is 0.303 e. The van der Waals surface area contributed by atoms with Crippen molar-refractivity contribution < 1.29 is 14.7 Å². The van der Waals surface area contributed by atoms with Crippen LogP contribution in [0.2, 0.25) is 0 Å². The molecule has 7 heteroatoms. The topological polar surface area (TPSA) is 83.7 Å². The number of carboxylic acids is 1. The zero-order valence-electron chi connectivity index (χ0n) is 22.2. The number of nitrogens with one attached hydrogen (secondary N) is 1. The van der Waals surface area contributed by atoms with E-state index >= 15 is 0 Å². The van der Waals surface area contributed by atoms with Gasteiger partial charge in [-0.1, -0.05) is 80.6 Å². The summed E-state index contributed by atoms with van der Waals surface area (Å²) in [7, 11) is 0. The molecule has 0 radical (unpaired) electrons. The number of rotatable bonds is 7. The van der Waals surface area contributed by atoms with E-state index in [-0.39, 0.29) is 11.3 Å². The van der Waals surface area contributed by atoms with Crippen LogP contribution in [-0.4, -0.2) is 26.4 Å². The minimum absolute atomic E-state index is 0.106. The van der Waals surface area contributed by atoms with Gasteiger partial charge in [0.15, 0.2) is 4.96 Å². The van der Waals surface area contributed by atoms with Crippen molar-refractivity contribution >= 4 is 28.2 Å². The Bertz CT molecular complexity index is 1390. The van der Waals surface area contributed by atoms with E-state index in [1.165, 1.54) is 11.1 Å². The van der Waals surface area contributed by atoms with Crippen LogP contribution in [0.25, 0.3) is 15.4 Å². The first-order valence-electron chi connectivity index (χ1n) is 13.3. The van der Waals surface area contributed by atoms with Crippen LogP contribution in [0.15, 0.2) is 60.9 Å². The molecule has 1 aliphatic carbocycles. The number of carboxylic acid groups (broad SMARTS) is 1. The summed E-state index contributed by atoms with van der Waals surface area (Å²) in [6.45, 7) is 7.03. The van der Waals surface area contributed by atoms with Crippen LogP contribution in [0.1, 0.15) is 86.0 Å². The second-order valence-electron chi connectivity index (χ2n) is 11.5. The van der Waals surface area contributed by atoms with E-state index in [1.807, 2.05) is 10.6 Å². The monoisotopic (exact) mass is 529 g/mol. The largest absolute Gasteiger partial charge is 0.481 e. The minimum Gasteiger partial charge on any atom is -0.481 e. The number of imidazole rings is 1. The first kappa shape index (κ1) is 26.2. The lowest BCUT2D eigenvalue weighted by atomic mass is 9.77. The Labute approximate surface area is 227 Å². The molecule has 2 aromatic carbocycles. The molecule has 1 aliphatic rings. The van der Waals surface area contributed by atoms with E-state index in [0.717, 1.165) is 46.6 Å². The Kier molecular flexibility index (Phi) is 7.39. The van der Waals surface area contributed by atoms with E-state index in [2.05, 4.69) is 79.6 Å². The van der Waals surface area contributed by atoms with Crippen molar-refractivity contribution in [3.05, 3.63) is 83.3 Å². The maximum atomic E-state index is 12.7. The van der Waals surface area contributed by atoms with Crippen molar-refractivity contribution in [2.75, 3.05) is 0 Å². The Balaban J connectivity index is 1.18. The van der Waals surface area contributed by atoms with Crippen molar-refractivity contribution in [3.8, 4) is 10.4 Å². The molecular formula is C31H35N3O3S. The lowest BCUT2D eigenvalue weighted by Crippen LogP contribution is -2.23. The average molecular weight is 530 g/mol. The lowest BCUT2D eigenvalue weighted by molar-refractivity contribution is -0.138. The molecular weight excluding hydrogens is 494 g/mol. The first-order chi connectivity index (χ1) is 18.2. The summed E-state index contributed by atoms with van der Waals surface area (Å²) in [5.74, 6) is -0.0379. The second kappa shape index (κ2) is 10.7. The van der Waals surface area contributed by atoms with E-state index < -0.39 is 5.97 Å². The molecule has 6 nitrogen and oxygen atoms in total. The first-order valence-corrected chi connectivity index (χ1v) is 14.2. The number of thiazole rings is 1. The Hall–Kier alpha value is -3.45. The van der Waals surface area contributed by atoms with E-state index in [4.69, 9.17) is 5.11 Å². The zero-order chi connectivity index (χ0) is 26.9. The summed E-state index contributed by atoms with van der Waals surface area (Å²) in [4.78, 5) is 30.2. The fourth-order valence-corrected chi connectivity index (χ4v) is 6.27. The standard InChI is InChI=1S/C31H35N3O3S/c1-31(2,3)25-14-6-21(7-15-25)17-32-29(37)26-18-34-19-27(38-30(34)33-26)24-12-10-23(11-13-24)22-8-4-20(5-9-22)16-28(35)36/h6-7,10-15,18-20,22H,4-5,8-9,16-17H2,1-3H3,(H,32,37)(H,35,36)/t20-,22-. The average Bonchev–Trinajstić information content (AvgIpc) is 3.47. The molecule has 5 rings (SSSR count). The van der Waals surface area contributed by atoms with Gasteiger partial charge < -0.3 is 10.4 Å². The van der Waals surface area contributed by atoms with Gasteiger partial charge in [-0.25, -0.2) is 4.98 Å². The summed E-state index contributed by atoms with van der Waals surface area (Å²) in [6, 6.07) is 17.1. The molecule has 2 aromatic heterocycles. The fourth-order valence-electron chi connectivity index (χ4n) is 5.30. The summed E-state index contributed by atoms with van der Waals surface area (Å²) in [5, 5.41) is 12.0. The quantitative estimate of drug-likeness (QED) is 0.269. The van der Waals surface area contributed by atoms with Gasteiger partial charge in [0, 0.05) is 25.4 Å². The van der Waals surface area contributed by atoms with Gasteiger partial charge in [0.1, 0.15) is 5.69 Å². The Morgan fingerprint density at radius 3 is 2.29 bits per heavy atom. The van der Waals surface area contributed by atoms with Gasteiger partial charge in [-0.05, 0) is 65.2 Å². The summed E-state index contributed by atoms with van der Waals surface area (Å²) in [6.07, 6.45) is 8.19. The molecule has 0 atom stereocenters. The number of nitrogens with zero attached hydrogens (tertiary/aromatic N) is 2. The van der Waals surface area contributed by atoms with Gasteiger partial charge in [0.05, 0.1) is 4.88 Å². The molecule has 0 aliphatic heterocycles. The SMILES string of the molecule is CC(C)(C)c1ccc(CNC(=O)c2cn3cc(-c4ccc([C@H]5CC[C@H](CC(=O)O)CC5)cc4)sc3n2)cc1. The number of aromatic nitrogens is 2. The van der Waals surface area contributed by atoms with Crippen molar-refractivity contribution in [3.63, 3.8) is 0 Å². The third-order valence-corrected chi connectivity index (χ3v) is 8.68. The van der Waals surface area contributed by atoms with Gasteiger partial charge in [0.25, 0.3) is 5.91 Å². The number of amides is 1. The highest BCUT2D eigenvalue weighted by molar-refractivity contribution is 7.20. The Morgan fingerprint density at radius 2 is 1.68 bits per heavy atom. The van der Waals surface area contributed by atoms with Crippen LogP contribution in [0.4, 0.5) is 0 Å². The number of hydrogen-bond acceptors (Lipinski definition) is 4. The van der Waals surface area contributed by atoms with E-state index in [0.29, 0.717) is 30.5 Å². The summed E-state index contributed by atoms with van der Waals surface area (Å²) >= 11 is 1.57. The number of hydrogen-bond donors (Lipinski definition) is 2. The van der Waals surface area contributed by atoms with Crippen molar-refractivity contribution in [1.82, 2.24) is 14.7 Å². The molecule has 0 bridgehead atoms. The van der Waals surface area contributed by atoms with E-state index in [9.17, 15) is 9.59 Å². The predicted molar refractivity (Wildman–Crippen MR) is 152 cm³/mol. The number of benzene rings is 2. The highest BCUT2D eigenvalue weighted by Crippen LogP contribution is 2.38. The molecule has 2 N–H and O–H groups in total. The van der Waals surface area contributed by atoms with Crippen LogP contribution in [0, 0.1) is 5.92 Å². The van der Waals surface area contributed by atoms with E-state index in [1.54, 1.807) is 17.5 Å².